The fourth-order valence-electron chi connectivity index (χ4n) is 3.81. The van der Waals surface area contributed by atoms with Crippen molar-refractivity contribution in [1.82, 2.24) is 4.90 Å². The summed E-state index contributed by atoms with van der Waals surface area (Å²) in [6.45, 7) is 4.14. The number of carbonyl (C=O) groups excluding carboxylic acids is 1. The van der Waals surface area contributed by atoms with Crippen molar-refractivity contribution < 1.29 is 13.2 Å². The first-order valence-corrected chi connectivity index (χ1v) is 10.4. The zero-order valence-electron chi connectivity index (χ0n) is 14.3. The third-order valence-corrected chi connectivity index (χ3v) is 6.78. The summed E-state index contributed by atoms with van der Waals surface area (Å²) >= 11 is 0. The topological polar surface area (TPSA) is 57.7 Å². The van der Waals surface area contributed by atoms with Crippen LogP contribution in [-0.4, -0.2) is 42.9 Å². The van der Waals surface area contributed by atoms with Crippen LogP contribution in [0.4, 0.5) is 10.5 Å². The lowest BCUT2D eigenvalue weighted by molar-refractivity contribution is 0.206. The van der Waals surface area contributed by atoms with Gasteiger partial charge in [-0.1, -0.05) is 55.1 Å². The van der Waals surface area contributed by atoms with E-state index in [-0.39, 0.29) is 29.6 Å². The van der Waals surface area contributed by atoms with Crippen molar-refractivity contribution in [2.24, 2.45) is 0 Å². The van der Waals surface area contributed by atoms with E-state index in [1.54, 1.807) is 15.9 Å². The zero-order chi connectivity index (χ0) is 18.3. The summed E-state index contributed by atoms with van der Waals surface area (Å²) in [5.41, 5.74) is 2.73. The second-order valence-corrected chi connectivity index (χ2v) is 8.93. The molecule has 2 aliphatic heterocycles. The molecular formula is C20H20N2O3S. The van der Waals surface area contributed by atoms with Gasteiger partial charge in [0.2, 0.25) is 0 Å². The number of hydrogen-bond donors (Lipinski definition) is 0. The number of nitrogens with zero attached hydrogens (tertiary/aromatic N) is 2. The summed E-state index contributed by atoms with van der Waals surface area (Å²) in [5.74, 6) is 0.0433. The molecule has 2 aromatic rings. The summed E-state index contributed by atoms with van der Waals surface area (Å²) in [7, 11) is -3.15. The minimum Gasteiger partial charge on any atom is -0.314 e. The predicted octanol–water partition coefficient (Wildman–Crippen LogP) is 2.94. The Bertz CT molecular complexity index is 939. The Morgan fingerprint density at radius 3 is 2.31 bits per heavy atom. The fourth-order valence-corrected chi connectivity index (χ4v) is 5.76. The number of sulfone groups is 1. The summed E-state index contributed by atoms with van der Waals surface area (Å²) in [5, 5.41) is 0. The van der Waals surface area contributed by atoms with Crippen LogP contribution in [0.2, 0.25) is 0 Å². The second-order valence-electron chi connectivity index (χ2n) is 6.77. The van der Waals surface area contributed by atoms with Crippen molar-refractivity contribution in [2.75, 3.05) is 16.4 Å². The molecule has 0 N–H and O–H groups in total. The summed E-state index contributed by atoms with van der Waals surface area (Å²) in [6, 6.07) is 16.3. The highest BCUT2D eigenvalue weighted by Crippen LogP contribution is 2.35. The van der Waals surface area contributed by atoms with Crippen molar-refractivity contribution in [3.8, 4) is 0 Å². The lowest BCUT2D eigenvalue weighted by atomic mass is 10.1. The molecule has 6 heteroatoms. The summed E-state index contributed by atoms with van der Waals surface area (Å²) in [4.78, 5) is 16.4. The van der Waals surface area contributed by atoms with E-state index in [0.29, 0.717) is 6.54 Å². The molecule has 26 heavy (non-hydrogen) atoms. The predicted molar refractivity (Wildman–Crippen MR) is 103 cm³/mol. The minimum atomic E-state index is -3.15. The number of urea groups is 1. The van der Waals surface area contributed by atoms with Gasteiger partial charge in [-0.25, -0.2) is 13.2 Å². The quantitative estimate of drug-likeness (QED) is 0.780. The summed E-state index contributed by atoms with van der Waals surface area (Å²) < 4.78 is 24.5. The Hall–Kier alpha value is -2.60. The third kappa shape index (κ3) is 2.90. The highest BCUT2D eigenvalue weighted by Gasteiger charge is 2.53. The van der Waals surface area contributed by atoms with Gasteiger partial charge in [0, 0.05) is 12.2 Å². The van der Waals surface area contributed by atoms with Crippen molar-refractivity contribution in [3.63, 3.8) is 0 Å². The zero-order valence-corrected chi connectivity index (χ0v) is 15.1. The van der Waals surface area contributed by atoms with E-state index in [2.05, 4.69) is 6.58 Å². The van der Waals surface area contributed by atoms with Gasteiger partial charge < -0.3 is 4.90 Å². The molecule has 2 atom stereocenters. The molecule has 2 heterocycles. The van der Waals surface area contributed by atoms with Gasteiger partial charge in [0.1, 0.15) is 0 Å². The van der Waals surface area contributed by atoms with Crippen LogP contribution >= 0.6 is 0 Å². The average molecular weight is 368 g/mol. The van der Waals surface area contributed by atoms with Gasteiger partial charge in [-0.2, -0.15) is 0 Å². The van der Waals surface area contributed by atoms with Crippen LogP contribution in [-0.2, 0) is 16.4 Å². The number of benzene rings is 2. The molecular weight excluding hydrogens is 348 g/mol. The van der Waals surface area contributed by atoms with Crippen LogP contribution in [0, 0.1) is 0 Å². The fraction of sp³-hybridized carbons (Fsp3) is 0.250. The second kappa shape index (κ2) is 6.29. The number of carbonyl (C=O) groups is 1. The van der Waals surface area contributed by atoms with E-state index < -0.39 is 9.84 Å². The van der Waals surface area contributed by atoms with E-state index in [9.17, 15) is 13.2 Å². The Kier molecular flexibility index (Phi) is 4.07. The molecule has 5 nitrogen and oxygen atoms in total. The first-order valence-electron chi connectivity index (χ1n) is 8.55. The van der Waals surface area contributed by atoms with Gasteiger partial charge in [0.15, 0.2) is 9.84 Å². The van der Waals surface area contributed by atoms with E-state index in [0.717, 1.165) is 16.8 Å². The largest absolute Gasteiger partial charge is 0.325 e. The highest BCUT2D eigenvalue weighted by atomic mass is 32.2. The number of amides is 2. The number of rotatable bonds is 4. The average Bonchev–Trinajstić information content (AvgIpc) is 3.07. The van der Waals surface area contributed by atoms with E-state index in [1.165, 1.54) is 0 Å². The van der Waals surface area contributed by atoms with Crippen LogP contribution in [0.3, 0.4) is 0 Å². The molecule has 2 aliphatic rings. The molecule has 2 unspecified atom stereocenters. The molecule has 0 aromatic heterocycles. The standard InChI is InChI=1S/C20H20N2O3S/c1-2-15-8-10-16(11-9-15)12-21-18-13-26(24,25)14-19(18)22(20(21)23)17-6-4-3-5-7-17/h2-11,18-19H,1,12-14H2. The lowest BCUT2D eigenvalue weighted by Gasteiger charge is -2.22. The first kappa shape index (κ1) is 16.8. The molecule has 0 bridgehead atoms. The molecule has 2 aromatic carbocycles. The van der Waals surface area contributed by atoms with Gasteiger partial charge in [-0.15, -0.1) is 0 Å². The Labute approximate surface area is 153 Å². The van der Waals surface area contributed by atoms with Crippen LogP contribution < -0.4 is 4.90 Å². The van der Waals surface area contributed by atoms with Crippen LogP contribution in [0.1, 0.15) is 11.1 Å². The SMILES string of the molecule is C=Cc1ccc(CN2C(=O)N(c3ccccc3)C3CS(=O)(=O)CC32)cc1. The maximum absolute atomic E-state index is 13.1. The van der Waals surface area contributed by atoms with E-state index in [4.69, 9.17) is 0 Å². The van der Waals surface area contributed by atoms with Crippen molar-refractivity contribution >= 4 is 27.6 Å². The van der Waals surface area contributed by atoms with Crippen molar-refractivity contribution in [1.29, 1.82) is 0 Å². The Morgan fingerprint density at radius 2 is 1.65 bits per heavy atom. The lowest BCUT2D eigenvalue weighted by Crippen LogP contribution is -2.37. The first-order chi connectivity index (χ1) is 12.5. The maximum atomic E-state index is 13.1. The van der Waals surface area contributed by atoms with Crippen molar-refractivity contribution in [3.05, 3.63) is 72.3 Å². The molecule has 0 radical (unpaired) electrons. The Balaban J connectivity index is 1.67. The third-order valence-electron chi connectivity index (χ3n) is 5.08. The number of hydrogen-bond acceptors (Lipinski definition) is 3. The summed E-state index contributed by atoms with van der Waals surface area (Å²) in [6.07, 6.45) is 1.77. The smallest absolute Gasteiger partial charge is 0.314 e. The normalized spacial score (nSPS) is 23.9. The molecule has 0 saturated carbocycles. The van der Waals surface area contributed by atoms with Gasteiger partial charge in [-0.05, 0) is 23.3 Å². The number of fused-ring (bicyclic) bond motifs is 1. The molecule has 2 amide bonds. The van der Waals surface area contributed by atoms with Crippen molar-refractivity contribution in [2.45, 2.75) is 18.6 Å². The molecule has 0 aliphatic carbocycles. The highest BCUT2D eigenvalue weighted by molar-refractivity contribution is 7.91. The molecule has 4 rings (SSSR count). The number of anilines is 1. The van der Waals surface area contributed by atoms with E-state index >= 15 is 0 Å². The van der Waals surface area contributed by atoms with Gasteiger partial charge in [-0.3, -0.25) is 4.90 Å². The number of para-hydroxylation sites is 1. The maximum Gasteiger partial charge on any atom is 0.325 e. The molecule has 2 saturated heterocycles. The van der Waals surface area contributed by atoms with Crippen LogP contribution in [0.15, 0.2) is 61.2 Å². The monoisotopic (exact) mass is 368 g/mol. The molecule has 2 fully saturated rings. The minimum absolute atomic E-state index is 0.0181. The van der Waals surface area contributed by atoms with Gasteiger partial charge >= 0.3 is 6.03 Å². The van der Waals surface area contributed by atoms with Gasteiger partial charge in [0.05, 0.1) is 23.6 Å². The molecule has 0 spiro atoms. The van der Waals surface area contributed by atoms with Crippen LogP contribution in [0.25, 0.3) is 6.08 Å². The Morgan fingerprint density at radius 1 is 1.00 bits per heavy atom. The van der Waals surface area contributed by atoms with Crippen LogP contribution in [0.5, 0.6) is 0 Å². The van der Waals surface area contributed by atoms with Gasteiger partial charge in [0.25, 0.3) is 0 Å². The molecule has 134 valence electrons. The van der Waals surface area contributed by atoms with E-state index in [1.807, 2.05) is 54.6 Å².